The summed E-state index contributed by atoms with van der Waals surface area (Å²) in [5.74, 6) is -0.554. The molecule has 1 aliphatic heterocycles. The van der Waals surface area contributed by atoms with Crippen LogP contribution in [0.3, 0.4) is 0 Å². The first-order chi connectivity index (χ1) is 14.0. The SMILES string of the molecule is O=C(Nc1ccc(-c2ccno2)cc1)C1CCC(=O)N1S(=O)(=O)c1ccccc1. The molecule has 1 N–H and O–H groups in total. The van der Waals surface area contributed by atoms with Gasteiger partial charge in [0.25, 0.3) is 10.0 Å². The van der Waals surface area contributed by atoms with Crippen LogP contribution in [0.25, 0.3) is 11.3 Å². The zero-order chi connectivity index (χ0) is 20.4. The van der Waals surface area contributed by atoms with Crippen molar-refractivity contribution in [2.75, 3.05) is 5.32 Å². The molecular formula is C20H17N3O5S. The maximum atomic E-state index is 12.9. The van der Waals surface area contributed by atoms with E-state index in [-0.39, 0.29) is 17.7 Å². The Balaban J connectivity index is 1.54. The number of benzene rings is 2. The van der Waals surface area contributed by atoms with Crippen LogP contribution in [0.2, 0.25) is 0 Å². The topological polar surface area (TPSA) is 110 Å². The average molecular weight is 411 g/mol. The number of rotatable bonds is 5. The normalized spacial score (nSPS) is 16.8. The standard InChI is InChI=1S/C20H17N3O5S/c24-19-11-10-17(23(19)29(26,27)16-4-2-1-3-5-16)20(25)22-15-8-6-14(7-9-15)18-12-13-21-28-18/h1-9,12-13,17H,10-11H2,(H,22,25). The second kappa shape index (κ2) is 7.51. The van der Waals surface area contributed by atoms with Crippen LogP contribution in [-0.4, -0.2) is 35.7 Å². The fourth-order valence-corrected chi connectivity index (χ4v) is 4.84. The molecule has 1 atom stereocenters. The molecular weight excluding hydrogens is 394 g/mol. The Hall–Kier alpha value is -3.46. The van der Waals surface area contributed by atoms with Gasteiger partial charge >= 0.3 is 0 Å². The summed E-state index contributed by atoms with van der Waals surface area (Å²) in [7, 11) is -4.11. The van der Waals surface area contributed by atoms with Crippen molar-refractivity contribution in [3.8, 4) is 11.3 Å². The van der Waals surface area contributed by atoms with Crippen molar-refractivity contribution in [1.82, 2.24) is 9.46 Å². The second-order valence-corrected chi connectivity index (χ2v) is 8.32. The Morgan fingerprint density at radius 1 is 1.07 bits per heavy atom. The van der Waals surface area contributed by atoms with Crippen LogP contribution in [0.15, 0.2) is 76.3 Å². The van der Waals surface area contributed by atoms with E-state index in [9.17, 15) is 18.0 Å². The van der Waals surface area contributed by atoms with Crippen LogP contribution in [-0.2, 0) is 19.6 Å². The molecule has 0 saturated carbocycles. The zero-order valence-electron chi connectivity index (χ0n) is 15.2. The molecule has 4 rings (SSSR count). The Morgan fingerprint density at radius 3 is 2.45 bits per heavy atom. The summed E-state index contributed by atoms with van der Waals surface area (Å²) < 4.78 is 31.6. The minimum absolute atomic E-state index is 0.00538. The lowest BCUT2D eigenvalue weighted by Gasteiger charge is -2.23. The highest BCUT2D eigenvalue weighted by Gasteiger charge is 2.44. The van der Waals surface area contributed by atoms with Crippen molar-refractivity contribution in [2.45, 2.75) is 23.8 Å². The maximum absolute atomic E-state index is 12.9. The van der Waals surface area contributed by atoms with Gasteiger partial charge in [-0.15, -0.1) is 0 Å². The summed E-state index contributed by atoms with van der Waals surface area (Å²) >= 11 is 0. The van der Waals surface area contributed by atoms with Gasteiger partial charge in [-0.2, -0.15) is 0 Å². The maximum Gasteiger partial charge on any atom is 0.267 e. The van der Waals surface area contributed by atoms with Crippen molar-refractivity contribution in [3.63, 3.8) is 0 Å². The van der Waals surface area contributed by atoms with Gasteiger partial charge in [0.2, 0.25) is 11.8 Å². The third-order valence-electron chi connectivity index (χ3n) is 4.64. The Kier molecular flexibility index (Phi) is 4.89. The van der Waals surface area contributed by atoms with Gasteiger partial charge in [0.05, 0.1) is 11.1 Å². The van der Waals surface area contributed by atoms with Gasteiger partial charge in [0, 0.05) is 23.7 Å². The minimum atomic E-state index is -4.11. The summed E-state index contributed by atoms with van der Waals surface area (Å²) in [5, 5.41) is 6.33. The summed E-state index contributed by atoms with van der Waals surface area (Å²) in [6.07, 6.45) is 1.66. The van der Waals surface area contributed by atoms with Crippen LogP contribution in [0, 0.1) is 0 Å². The average Bonchev–Trinajstić information content (AvgIpc) is 3.39. The number of nitrogens with zero attached hydrogens (tertiary/aromatic N) is 2. The number of aromatic nitrogens is 1. The number of nitrogens with one attached hydrogen (secondary N) is 1. The molecule has 1 fully saturated rings. The van der Waals surface area contributed by atoms with Crippen molar-refractivity contribution in [1.29, 1.82) is 0 Å². The molecule has 1 aliphatic rings. The molecule has 0 bridgehead atoms. The zero-order valence-corrected chi connectivity index (χ0v) is 16.0. The molecule has 9 heteroatoms. The van der Waals surface area contributed by atoms with Gasteiger partial charge < -0.3 is 9.84 Å². The molecule has 1 aromatic heterocycles. The van der Waals surface area contributed by atoms with Gasteiger partial charge in [-0.1, -0.05) is 23.4 Å². The first kappa shape index (κ1) is 18.9. The van der Waals surface area contributed by atoms with Crippen molar-refractivity contribution in [3.05, 3.63) is 66.9 Å². The lowest BCUT2D eigenvalue weighted by molar-refractivity contribution is -0.128. The molecule has 0 spiro atoms. The van der Waals surface area contributed by atoms with E-state index in [4.69, 9.17) is 4.52 Å². The number of amides is 2. The molecule has 0 aliphatic carbocycles. The monoisotopic (exact) mass is 411 g/mol. The Morgan fingerprint density at radius 2 is 1.79 bits per heavy atom. The molecule has 29 heavy (non-hydrogen) atoms. The quantitative estimate of drug-likeness (QED) is 0.691. The molecule has 8 nitrogen and oxygen atoms in total. The van der Waals surface area contributed by atoms with Crippen LogP contribution in [0.1, 0.15) is 12.8 Å². The summed E-state index contributed by atoms with van der Waals surface area (Å²) in [6, 6.07) is 15.1. The van der Waals surface area contributed by atoms with Gasteiger partial charge in [-0.05, 0) is 42.8 Å². The number of hydrogen-bond acceptors (Lipinski definition) is 6. The van der Waals surface area contributed by atoms with E-state index in [1.165, 1.54) is 18.3 Å². The van der Waals surface area contributed by atoms with Gasteiger partial charge in [0.15, 0.2) is 5.76 Å². The molecule has 0 radical (unpaired) electrons. The van der Waals surface area contributed by atoms with Gasteiger partial charge in [-0.25, -0.2) is 12.7 Å². The minimum Gasteiger partial charge on any atom is -0.356 e. The smallest absolute Gasteiger partial charge is 0.267 e. The van der Waals surface area contributed by atoms with Gasteiger partial charge in [-0.3, -0.25) is 9.59 Å². The highest BCUT2D eigenvalue weighted by molar-refractivity contribution is 7.89. The fourth-order valence-electron chi connectivity index (χ4n) is 3.21. The van der Waals surface area contributed by atoms with E-state index in [2.05, 4.69) is 10.5 Å². The molecule has 3 aromatic rings. The largest absolute Gasteiger partial charge is 0.356 e. The Bertz CT molecular complexity index is 1130. The lowest BCUT2D eigenvalue weighted by atomic mass is 10.1. The molecule has 1 saturated heterocycles. The number of anilines is 1. The lowest BCUT2D eigenvalue weighted by Crippen LogP contribution is -2.45. The third kappa shape index (κ3) is 3.64. The predicted octanol–water partition coefficient (Wildman–Crippen LogP) is 2.66. The van der Waals surface area contributed by atoms with E-state index in [1.807, 2.05) is 0 Å². The van der Waals surface area contributed by atoms with Crippen LogP contribution >= 0.6 is 0 Å². The van der Waals surface area contributed by atoms with E-state index in [0.29, 0.717) is 15.8 Å². The van der Waals surface area contributed by atoms with Gasteiger partial charge in [0.1, 0.15) is 6.04 Å². The highest BCUT2D eigenvalue weighted by Crippen LogP contribution is 2.28. The second-order valence-electron chi connectivity index (χ2n) is 6.51. The molecule has 148 valence electrons. The highest BCUT2D eigenvalue weighted by atomic mass is 32.2. The molecule has 2 aromatic carbocycles. The number of sulfonamides is 1. The first-order valence-electron chi connectivity index (χ1n) is 8.91. The summed E-state index contributed by atoms with van der Waals surface area (Å²) in [6.45, 7) is 0. The van der Waals surface area contributed by atoms with Crippen LogP contribution in [0.5, 0.6) is 0 Å². The van der Waals surface area contributed by atoms with Crippen molar-refractivity contribution >= 4 is 27.5 Å². The van der Waals surface area contributed by atoms with E-state index < -0.39 is 27.9 Å². The Labute approximate surface area is 167 Å². The van der Waals surface area contributed by atoms with E-state index in [1.54, 1.807) is 48.5 Å². The fraction of sp³-hybridized carbons (Fsp3) is 0.150. The third-order valence-corrected chi connectivity index (χ3v) is 6.48. The molecule has 2 amide bonds. The van der Waals surface area contributed by atoms with Crippen molar-refractivity contribution in [2.24, 2.45) is 0 Å². The number of hydrogen-bond donors (Lipinski definition) is 1. The summed E-state index contributed by atoms with van der Waals surface area (Å²) in [4.78, 5) is 25.0. The van der Waals surface area contributed by atoms with Crippen molar-refractivity contribution < 1.29 is 22.5 Å². The molecule has 2 heterocycles. The predicted molar refractivity (Wildman–Crippen MR) is 104 cm³/mol. The van der Waals surface area contributed by atoms with E-state index in [0.717, 1.165) is 5.56 Å². The number of carbonyl (C=O) groups excluding carboxylic acids is 2. The van der Waals surface area contributed by atoms with E-state index >= 15 is 0 Å². The first-order valence-corrected chi connectivity index (χ1v) is 10.3. The van der Waals surface area contributed by atoms with Crippen LogP contribution < -0.4 is 5.32 Å². The van der Waals surface area contributed by atoms with Crippen LogP contribution in [0.4, 0.5) is 5.69 Å². The summed E-state index contributed by atoms with van der Waals surface area (Å²) in [5.41, 5.74) is 1.26. The molecule has 1 unspecified atom stereocenters. The number of carbonyl (C=O) groups is 2.